The molecular weight excluding hydrogens is 268 g/mol. The number of nitrogens with one attached hydrogen (secondary N) is 1. The summed E-state index contributed by atoms with van der Waals surface area (Å²) in [7, 11) is 3.69. The van der Waals surface area contributed by atoms with Crippen molar-refractivity contribution in [2.24, 2.45) is 0 Å². The second-order valence-electron chi connectivity index (χ2n) is 4.85. The Kier molecular flexibility index (Phi) is 4.84. The molecule has 0 bridgehead atoms. The van der Waals surface area contributed by atoms with Crippen molar-refractivity contribution in [3.8, 4) is 0 Å². The third-order valence-corrected chi connectivity index (χ3v) is 3.22. The highest BCUT2D eigenvalue weighted by Gasteiger charge is 2.16. The van der Waals surface area contributed by atoms with Crippen LogP contribution < -0.4 is 5.32 Å². The van der Waals surface area contributed by atoms with Gasteiger partial charge in [0.15, 0.2) is 0 Å². The van der Waals surface area contributed by atoms with E-state index in [-0.39, 0.29) is 10.6 Å². The Balaban J connectivity index is 2.15. The van der Waals surface area contributed by atoms with Crippen molar-refractivity contribution in [2.75, 3.05) is 19.4 Å². The van der Waals surface area contributed by atoms with E-state index in [0.29, 0.717) is 12.2 Å². The number of rotatable bonds is 6. The summed E-state index contributed by atoms with van der Waals surface area (Å²) in [6, 6.07) is 9.06. The van der Waals surface area contributed by atoms with Crippen LogP contribution in [0.4, 0.5) is 11.4 Å². The van der Waals surface area contributed by atoms with Gasteiger partial charge >= 0.3 is 0 Å². The van der Waals surface area contributed by atoms with Crippen molar-refractivity contribution in [1.82, 2.24) is 9.88 Å². The number of nitro groups is 1. The molecule has 2 aromatic rings. The molecule has 0 spiro atoms. The second-order valence-corrected chi connectivity index (χ2v) is 4.85. The molecule has 0 unspecified atom stereocenters. The Hall–Kier alpha value is -2.47. The summed E-state index contributed by atoms with van der Waals surface area (Å²) in [4.78, 5) is 16.8. The normalized spacial score (nSPS) is 10.6. The number of hydrogen-bond donors (Lipinski definition) is 1. The van der Waals surface area contributed by atoms with Gasteiger partial charge in [-0.2, -0.15) is 0 Å². The predicted octanol–water partition coefficient (Wildman–Crippen LogP) is 2.66. The Labute approximate surface area is 123 Å². The van der Waals surface area contributed by atoms with Crippen LogP contribution in [0, 0.1) is 10.1 Å². The maximum Gasteiger partial charge on any atom is 0.292 e. The van der Waals surface area contributed by atoms with E-state index < -0.39 is 0 Å². The van der Waals surface area contributed by atoms with Crippen molar-refractivity contribution in [3.05, 3.63) is 64.0 Å². The van der Waals surface area contributed by atoms with Gasteiger partial charge in [-0.3, -0.25) is 20.0 Å². The summed E-state index contributed by atoms with van der Waals surface area (Å²) < 4.78 is 0. The van der Waals surface area contributed by atoms with Gasteiger partial charge in [0.25, 0.3) is 5.69 Å². The van der Waals surface area contributed by atoms with E-state index in [4.69, 9.17) is 0 Å². The van der Waals surface area contributed by atoms with Gasteiger partial charge in [-0.1, -0.05) is 12.1 Å². The van der Waals surface area contributed by atoms with Crippen molar-refractivity contribution in [2.45, 2.75) is 13.1 Å². The van der Waals surface area contributed by atoms with Gasteiger partial charge in [0.05, 0.1) is 4.92 Å². The zero-order valence-electron chi connectivity index (χ0n) is 12.1. The van der Waals surface area contributed by atoms with Crippen molar-refractivity contribution >= 4 is 11.4 Å². The van der Waals surface area contributed by atoms with Crippen LogP contribution >= 0.6 is 0 Å². The molecule has 1 aromatic carbocycles. The van der Waals surface area contributed by atoms with Crippen molar-refractivity contribution in [1.29, 1.82) is 0 Å². The fourth-order valence-electron chi connectivity index (χ4n) is 2.31. The summed E-state index contributed by atoms with van der Waals surface area (Å²) in [6.45, 7) is 1.38. The molecule has 0 aliphatic heterocycles. The SMILES string of the molecule is CNc1c(CN(C)Cc2ccncc2)cccc1[N+](=O)[O-]. The van der Waals surface area contributed by atoms with Crippen LogP contribution in [0.15, 0.2) is 42.7 Å². The molecular formula is C15H18N4O2. The molecule has 0 saturated carbocycles. The average molecular weight is 286 g/mol. The first kappa shape index (κ1) is 14.9. The molecule has 0 aliphatic rings. The highest BCUT2D eigenvalue weighted by molar-refractivity contribution is 5.66. The van der Waals surface area contributed by atoms with E-state index in [1.54, 1.807) is 25.5 Å². The Morgan fingerprint density at radius 2 is 1.95 bits per heavy atom. The molecule has 1 N–H and O–H groups in total. The first-order chi connectivity index (χ1) is 10.1. The smallest absolute Gasteiger partial charge is 0.292 e. The van der Waals surface area contributed by atoms with Gasteiger partial charge in [-0.25, -0.2) is 0 Å². The first-order valence-corrected chi connectivity index (χ1v) is 6.63. The highest BCUT2D eigenvalue weighted by atomic mass is 16.6. The van der Waals surface area contributed by atoms with Crippen molar-refractivity contribution in [3.63, 3.8) is 0 Å². The van der Waals surface area contributed by atoms with Crippen LogP contribution in [-0.2, 0) is 13.1 Å². The van der Waals surface area contributed by atoms with E-state index in [0.717, 1.165) is 17.7 Å². The number of nitro benzene ring substituents is 1. The molecule has 1 heterocycles. The number of para-hydroxylation sites is 1. The lowest BCUT2D eigenvalue weighted by Gasteiger charge is -2.18. The zero-order valence-corrected chi connectivity index (χ0v) is 12.1. The predicted molar refractivity (Wildman–Crippen MR) is 82.1 cm³/mol. The lowest BCUT2D eigenvalue weighted by Crippen LogP contribution is -2.18. The van der Waals surface area contributed by atoms with Gasteiger partial charge in [-0.05, 0) is 30.3 Å². The molecule has 6 heteroatoms. The maximum atomic E-state index is 11.1. The fraction of sp³-hybridized carbons (Fsp3) is 0.267. The molecule has 0 radical (unpaired) electrons. The summed E-state index contributed by atoms with van der Waals surface area (Å²) in [6.07, 6.45) is 3.52. The largest absolute Gasteiger partial charge is 0.382 e. The Bertz CT molecular complexity index is 616. The zero-order chi connectivity index (χ0) is 15.2. The Morgan fingerprint density at radius 3 is 2.57 bits per heavy atom. The number of hydrogen-bond acceptors (Lipinski definition) is 5. The van der Waals surface area contributed by atoms with Crippen LogP contribution in [0.5, 0.6) is 0 Å². The monoisotopic (exact) mass is 286 g/mol. The van der Waals surface area contributed by atoms with Gasteiger partial charge in [0.1, 0.15) is 5.69 Å². The van der Waals surface area contributed by atoms with E-state index in [2.05, 4.69) is 15.2 Å². The molecule has 0 fully saturated rings. The van der Waals surface area contributed by atoms with Gasteiger partial charge in [0, 0.05) is 38.6 Å². The quantitative estimate of drug-likeness (QED) is 0.653. The van der Waals surface area contributed by atoms with Crippen LogP contribution in [0.2, 0.25) is 0 Å². The van der Waals surface area contributed by atoms with Crippen LogP contribution in [0.1, 0.15) is 11.1 Å². The van der Waals surface area contributed by atoms with E-state index in [1.807, 2.05) is 25.2 Å². The van der Waals surface area contributed by atoms with E-state index in [1.165, 1.54) is 6.07 Å². The first-order valence-electron chi connectivity index (χ1n) is 6.63. The van der Waals surface area contributed by atoms with E-state index in [9.17, 15) is 10.1 Å². The molecule has 21 heavy (non-hydrogen) atoms. The number of aromatic nitrogens is 1. The fourth-order valence-corrected chi connectivity index (χ4v) is 2.31. The van der Waals surface area contributed by atoms with Gasteiger partial charge < -0.3 is 5.32 Å². The lowest BCUT2D eigenvalue weighted by atomic mass is 10.1. The van der Waals surface area contributed by atoms with Crippen LogP contribution in [0.3, 0.4) is 0 Å². The summed E-state index contributed by atoms with van der Waals surface area (Å²) in [5.41, 5.74) is 2.74. The minimum absolute atomic E-state index is 0.104. The molecule has 6 nitrogen and oxygen atoms in total. The minimum Gasteiger partial charge on any atom is -0.382 e. The van der Waals surface area contributed by atoms with Gasteiger partial charge in [-0.15, -0.1) is 0 Å². The second kappa shape index (κ2) is 6.81. The maximum absolute atomic E-state index is 11.1. The minimum atomic E-state index is -0.363. The van der Waals surface area contributed by atoms with E-state index >= 15 is 0 Å². The standard InChI is InChI=1S/C15H18N4O2/c1-16-15-13(4-3-5-14(15)19(20)21)11-18(2)10-12-6-8-17-9-7-12/h3-9,16H,10-11H2,1-2H3. The molecule has 0 saturated heterocycles. The molecule has 0 aliphatic carbocycles. The number of pyridine rings is 1. The average Bonchev–Trinajstić information content (AvgIpc) is 2.47. The molecule has 1 aromatic heterocycles. The number of benzene rings is 1. The molecule has 0 atom stereocenters. The Morgan fingerprint density at radius 1 is 1.24 bits per heavy atom. The number of nitrogens with zero attached hydrogens (tertiary/aromatic N) is 3. The third-order valence-electron chi connectivity index (χ3n) is 3.22. The third kappa shape index (κ3) is 3.76. The lowest BCUT2D eigenvalue weighted by molar-refractivity contribution is -0.384. The summed E-state index contributed by atoms with van der Waals surface area (Å²) >= 11 is 0. The van der Waals surface area contributed by atoms with Crippen molar-refractivity contribution < 1.29 is 4.92 Å². The highest BCUT2D eigenvalue weighted by Crippen LogP contribution is 2.28. The molecule has 2 rings (SSSR count). The number of anilines is 1. The van der Waals surface area contributed by atoms with Crippen LogP contribution in [-0.4, -0.2) is 28.9 Å². The topological polar surface area (TPSA) is 71.3 Å². The summed E-state index contributed by atoms with van der Waals surface area (Å²) in [5, 5.41) is 14.0. The van der Waals surface area contributed by atoms with Gasteiger partial charge in [0.2, 0.25) is 0 Å². The summed E-state index contributed by atoms with van der Waals surface area (Å²) in [5.74, 6) is 0. The van der Waals surface area contributed by atoms with Crippen LogP contribution in [0.25, 0.3) is 0 Å². The molecule has 110 valence electrons. The molecule has 0 amide bonds.